The van der Waals surface area contributed by atoms with E-state index in [0.29, 0.717) is 5.02 Å². The maximum absolute atomic E-state index is 14.6. The molecule has 1 atom stereocenters. The molecule has 2 aromatic rings. The van der Waals surface area contributed by atoms with Gasteiger partial charge in [0.25, 0.3) is 0 Å². The summed E-state index contributed by atoms with van der Waals surface area (Å²) in [6.45, 7) is 4.87. The monoisotopic (exact) mass is 440 g/mol. The molecule has 0 bridgehead atoms. The van der Waals surface area contributed by atoms with E-state index in [1.54, 1.807) is 13.8 Å². The van der Waals surface area contributed by atoms with Gasteiger partial charge in [-0.3, -0.25) is 0 Å². The number of rotatable bonds is 3. The number of halogens is 3. The Bertz CT molecular complexity index is 1100. The molecule has 10 heteroatoms. The van der Waals surface area contributed by atoms with E-state index in [1.165, 1.54) is 31.3 Å². The number of hydrogen-bond donors (Lipinski definition) is 2. The fourth-order valence-corrected chi connectivity index (χ4v) is 4.36. The van der Waals surface area contributed by atoms with Crippen molar-refractivity contribution in [2.24, 2.45) is 10.7 Å². The zero-order valence-corrected chi connectivity index (χ0v) is 17.5. The first-order valence-corrected chi connectivity index (χ1v) is 10.3. The molecule has 1 unspecified atom stereocenters. The second kappa shape index (κ2) is 7.55. The summed E-state index contributed by atoms with van der Waals surface area (Å²) in [5.41, 5.74) is 4.52. The molecule has 0 aliphatic carbocycles. The number of aliphatic imine (C=N–C) groups is 1. The van der Waals surface area contributed by atoms with Gasteiger partial charge in [-0.05, 0) is 0 Å². The quantitative estimate of drug-likeness (QED) is 0.563. The summed E-state index contributed by atoms with van der Waals surface area (Å²) in [7, 11) is -1.47. The van der Waals surface area contributed by atoms with Crippen LogP contribution >= 0.6 is 11.6 Å². The number of carbonyl (C=O) groups excluding carboxylic acids is 1. The van der Waals surface area contributed by atoms with Crippen LogP contribution in [0.25, 0.3) is 0 Å². The van der Waals surface area contributed by atoms with Crippen LogP contribution in [-0.4, -0.2) is 27.2 Å². The SMILES string of the molecule is CC1(c2cc(NC(=O)c3ccc(Cl)cn3)cc(F)c2F)C[S-](#[O+])C(C)(C)C(N)=N1. The van der Waals surface area contributed by atoms with Crippen LogP contribution in [0.1, 0.15) is 36.8 Å². The number of anilines is 1. The first-order chi connectivity index (χ1) is 13.4. The third kappa shape index (κ3) is 4.08. The van der Waals surface area contributed by atoms with Crippen molar-refractivity contribution in [3.8, 4) is 0 Å². The number of nitrogens with one attached hydrogen (secondary N) is 1. The molecule has 1 aliphatic rings. The third-order valence-electron chi connectivity index (χ3n) is 4.79. The Labute approximate surface area is 173 Å². The second-order valence-electron chi connectivity index (χ2n) is 7.41. The summed E-state index contributed by atoms with van der Waals surface area (Å²) in [5, 5.41) is 2.83. The van der Waals surface area contributed by atoms with E-state index in [9.17, 15) is 17.6 Å². The fourth-order valence-electron chi connectivity index (χ4n) is 2.88. The van der Waals surface area contributed by atoms with Crippen molar-refractivity contribution in [2.45, 2.75) is 31.1 Å². The summed E-state index contributed by atoms with van der Waals surface area (Å²) >= 11 is 5.75. The Balaban J connectivity index is 2.01. The van der Waals surface area contributed by atoms with E-state index in [1.807, 2.05) is 0 Å². The molecule has 2 heterocycles. The van der Waals surface area contributed by atoms with Crippen LogP contribution in [0.2, 0.25) is 5.02 Å². The predicted molar refractivity (Wildman–Crippen MR) is 110 cm³/mol. The van der Waals surface area contributed by atoms with E-state index in [2.05, 4.69) is 15.3 Å². The van der Waals surface area contributed by atoms with Gasteiger partial charge in [-0.2, -0.15) is 0 Å². The maximum atomic E-state index is 14.6. The first kappa shape index (κ1) is 21.5. The van der Waals surface area contributed by atoms with Crippen molar-refractivity contribution < 1.29 is 17.6 Å². The fraction of sp³-hybridized carbons (Fsp3) is 0.316. The van der Waals surface area contributed by atoms with Crippen LogP contribution in [0.4, 0.5) is 14.5 Å². The van der Waals surface area contributed by atoms with Gasteiger partial charge in [0.15, 0.2) is 0 Å². The second-order valence-corrected chi connectivity index (χ2v) is 9.84. The molecule has 0 spiro atoms. The van der Waals surface area contributed by atoms with Gasteiger partial charge < -0.3 is 0 Å². The van der Waals surface area contributed by atoms with Gasteiger partial charge >= 0.3 is 162 Å². The van der Waals surface area contributed by atoms with E-state index in [0.717, 1.165) is 6.07 Å². The van der Waals surface area contributed by atoms with Gasteiger partial charge in [0.2, 0.25) is 0 Å². The first-order valence-electron chi connectivity index (χ1n) is 8.61. The summed E-state index contributed by atoms with van der Waals surface area (Å²) in [4.78, 5) is 20.6. The average Bonchev–Trinajstić information content (AvgIpc) is 2.63. The summed E-state index contributed by atoms with van der Waals surface area (Å²) in [6.07, 6.45) is 1.30. The van der Waals surface area contributed by atoms with Gasteiger partial charge in [0, 0.05) is 0 Å². The van der Waals surface area contributed by atoms with Gasteiger partial charge in [-0.15, -0.1) is 0 Å². The standard InChI is InChI=1S/C19H19ClF2N4O2S/c1-18(2)17(23)26-19(3,9-29(18)28)12-6-11(7-13(21)15(12)22)25-16(27)14-5-4-10(20)8-24-14/h4-8H,9H2,1-3H3,(H2,23,26)(H,25,27). The molecule has 1 aromatic carbocycles. The van der Waals surface area contributed by atoms with E-state index in [-0.39, 0.29) is 28.5 Å². The van der Waals surface area contributed by atoms with Crippen molar-refractivity contribution in [1.29, 1.82) is 0 Å². The summed E-state index contributed by atoms with van der Waals surface area (Å²) in [6, 6.07) is 5.00. The Morgan fingerprint density at radius 2 is 2.00 bits per heavy atom. The number of amides is 1. The molecule has 3 N–H and O–H groups in total. The number of aromatic nitrogens is 1. The number of nitrogens with two attached hydrogens (primary N) is 1. The van der Waals surface area contributed by atoms with Gasteiger partial charge in [0.1, 0.15) is 0 Å². The molecule has 0 radical (unpaired) electrons. The van der Waals surface area contributed by atoms with E-state index < -0.39 is 38.5 Å². The molecule has 1 aromatic heterocycles. The molecule has 0 saturated heterocycles. The topological polar surface area (TPSA) is 100 Å². The molecule has 154 valence electrons. The van der Waals surface area contributed by atoms with Crippen LogP contribution in [-0.2, 0) is 20.2 Å². The molecule has 6 nitrogen and oxygen atoms in total. The number of hydrogen-bond acceptors (Lipinski definition) is 5. The molecular weight excluding hydrogens is 422 g/mol. The van der Waals surface area contributed by atoms with Crippen molar-refractivity contribution in [2.75, 3.05) is 11.1 Å². The zero-order chi connectivity index (χ0) is 21.6. The summed E-state index contributed by atoms with van der Waals surface area (Å²) in [5.74, 6) is -2.90. The molecule has 0 saturated carbocycles. The Kier molecular flexibility index (Phi) is 5.59. The van der Waals surface area contributed by atoms with Crippen molar-refractivity contribution in [3.63, 3.8) is 0 Å². The minimum absolute atomic E-state index is 0.00580. The zero-order valence-electron chi connectivity index (χ0n) is 15.9. The number of nitrogens with zero attached hydrogens (tertiary/aromatic N) is 2. The third-order valence-corrected chi connectivity index (χ3v) is 7.19. The van der Waals surface area contributed by atoms with Crippen LogP contribution in [0.3, 0.4) is 0 Å². The van der Waals surface area contributed by atoms with Crippen LogP contribution in [0, 0.1) is 11.6 Å². The van der Waals surface area contributed by atoms with Gasteiger partial charge in [-0.25, -0.2) is 0 Å². The molecule has 29 heavy (non-hydrogen) atoms. The number of benzene rings is 1. The number of pyridine rings is 1. The predicted octanol–water partition coefficient (Wildman–Crippen LogP) is 3.59. The van der Waals surface area contributed by atoms with E-state index >= 15 is 0 Å². The Morgan fingerprint density at radius 3 is 2.59 bits per heavy atom. The van der Waals surface area contributed by atoms with Crippen LogP contribution in [0.15, 0.2) is 35.5 Å². The average molecular weight is 441 g/mol. The van der Waals surface area contributed by atoms with Crippen LogP contribution in [0.5, 0.6) is 0 Å². The van der Waals surface area contributed by atoms with Crippen molar-refractivity contribution in [1.82, 2.24) is 4.98 Å². The molecule has 3 rings (SSSR count). The van der Waals surface area contributed by atoms with Crippen LogP contribution < -0.4 is 11.1 Å². The van der Waals surface area contributed by atoms with E-state index in [4.69, 9.17) is 17.3 Å². The Hall–Kier alpha value is -2.23. The number of carbonyl (C=O) groups is 1. The molecular formula is C19H19ClF2N4O2S. The van der Waals surface area contributed by atoms with Crippen molar-refractivity contribution >= 4 is 39.7 Å². The van der Waals surface area contributed by atoms with Crippen molar-refractivity contribution in [3.05, 3.63) is 58.4 Å². The van der Waals surface area contributed by atoms with Gasteiger partial charge in [-0.1, -0.05) is 11.6 Å². The van der Waals surface area contributed by atoms with Gasteiger partial charge in [0.05, 0.1) is 0 Å². The molecule has 1 aliphatic heterocycles. The number of amidine groups is 1. The normalized spacial score (nSPS) is 21.5. The molecule has 0 fully saturated rings. The molecule has 1 amide bonds. The minimum atomic E-state index is -1.47. The summed E-state index contributed by atoms with van der Waals surface area (Å²) < 4.78 is 40.7. The Morgan fingerprint density at radius 1 is 1.31 bits per heavy atom.